The standard InChI is InChI=1S/C12H22N4/c1-5-8-13-11-14-9-7-10(15-11)16-12(3,4)6-2/h7,9H,5-6,8H2,1-4H3,(H2,13,14,15,16). The van der Waals surface area contributed by atoms with E-state index in [0.717, 1.165) is 25.2 Å². The lowest BCUT2D eigenvalue weighted by Gasteiger charge is -2.25. The molecule has 0 aliphatic heterocycles. The van der Waals surface area contributed by atoms with Crippen LogP contribution in [0.1, 0.15) is 40.5 Å². The van der Waals surface area contributed by atoms with E-state index in [1.807, 2.05) is 6.07 Å². The molecule has 1 aromatic rings. The fourth-order valence-corrected chi connectivity index (χ4v) is 1.19. The first-order valence-electron chi connectivity index (χ1n) is 5.92. The van der Waals surface area contributed by atoms with Crippen molar-refractivity contribution in [3.8, 4) is 0 Å². The lowest BCUT2D eigenvalue weighted by atomic mass is 10.0. The first-order valence-corrected chi connectivity index (χ1v) is 5.92. The van der Waals surface area contributed by atoms with Gasteiger partial charge in [0.25, 0.3) is 0 Å². The molecule has 16 heavy (non-hydrogen) atoms. The van der Waals surface area contributed by atoms with Gasteiger partial charge in [-0.05, 0) is 32.8 Å². The SMILES string of the molecule is CCCNc1nccc(NC(C)(C)CC)n1. The number of rotatable bonds is 6. The second-order valence-corrected chi connectivity index (χ2v) is 4.55. The van der Waals surface area contributed by atoms with Gasteiger partial charge in [-0.15, -0.1) is 0 Å². The zero-order valence-electron chi connectivity index (χ0n) is 10.7. The maximum Gasteiger partial charge on any atom is 0.224 e. The second kappa shape index (κ2) is 5.68. The van der Waals surface area contributed by atoms with E-state index in [1.54, 1.807) is 6.20 Å². The molecule has 90 valence electrons. The molecule has 2 N–H and O–H groups in total. The third kappa shape index (κ3) is 4.04. The average Bonchev–Trinajstić information content (AvgIpc) is 2.26. The van der Waals surface area contributed by atoms with Gasteiger partial charge in [-0.1, -0.05) is 13.8 Å². The molecule has 1 aromatic heterocycles. The van der Waals surface area contributed by atoms with E-state index < -0.39 is 0 Å². The number of anilines is 2. The van der Waals surface area contributed by atoms with Crippen molar-refractivity contribution < 1.29 is 0 Å². The molecule has 0 spiro atoms. The number of aromatic nitrogens is 2. The third-order valence-electron chi connectivity index (χ3n) is 2.54. The molecule has 0 fully saturated rings. The summed E-state index contributed by atoms with van der Waals surface area (Å²) >= 11 is 0. The molecule has 0 unspecified atom stereocenters. The van der Waals surface area contributed by atoms with Crippen LogP contribution in [-0.2, 0) is 0 Å². The summed E-state index contributed by atoms with van der Waals surface area (Å²) in [5, 5.41) is 6.57. The van der Waals surface area contributed by atoms with Gasteiger partial charge in [-0.3, -0.25) is 0 Å². The van der Waals surface area contributed by atoms with Crippen LogP contribution in [-0.4, -0.2) is 22.1 Å². The summed E-state index contributed by atoms with van der Waals surface area (Å²) in [6.45, 7) is 9.50. The second-order valence-electron chi connectivity index (χ2n) is 4.55. The Hall–Kier alpha value is -1.32. The van der Waals surface area contributed by atoms with Crippen LogP contribution in [0.2, 0.25) is 0 Å². The highest BCUT2D eigenvalue weighted by atomic mass is 15.1. The monoisotopic (exact) mass is 222 g/mol. The minimum absolute atomic E-state index is 0.0659. The van der Waals surface area contributed by atoms with Crippen molar-refractivity contribution in [3.63, 3.8) is 0 Å². The van der Waals surface area contributed by atoms with Crippen molar-refractivity contribution in [2.24, 2.45) is 0 Å². The van der Waals surface area contributed by atoms with E-state index in [4.69, 9.17) is 0 Å². The Kier molecular flexibility index (Phi) is 4.52. The molecular weight excluding hydrogens is 200 g/mol. The summed E-state index contributed by atoms with van der Waals surface area (Å²) < 4.78 is 0. The van der Waals surface area contributed by atoms with Crippen LogP contribution in [0, 0.1) is 0 Å². The van der Waals surface area contributed by atoms with Gasteiger partial charge in [0.1, 0.15) is 5.82 Å². The fraction of sp³-hybridized carbons (Fsp3) is 0.667. The summed E-state index contributed by atoms with van der Waals surface area (Å²) in [5.41, 5.74) is 0.0659. The molecule has 1 rings (SSSR count). The van der Waals surface area contributed by atoms with E-state index in [9.17, 15) is 0 Å². The van der Waals surface area contributed by atoms with E-state index in [2.05, 4.69) is 48.3 Å². The highest BCUT2D eigenvalue weighted by Gasteiger charge is 2.14. The summed E-state index contributed by atoms with van der Waals surface area (Å²) in [4.78, 5) is 8.58. The van der Waals surface area contributed by atoms with Crippen LogP contribution in [0.25, 0.3) is 0 Å². The molecule has 0 radical (unpaired) electrons. The summed E-state index contributed by atoms with van der Waals surface area (Å²) in [5.74, 6) is 1.57. The smallest absolute Gasteiger partial charge is 0.224 e. The van der Waals surface area contributed by atoms with Gasteiger partial charge >= 0.3 is 0 Å². The number of hydrogen-bond donors (Lipinski definition) is 2. The summed E-state index contributed by atoms with van der Waals surface area (Å²) in [7, 11) is 0. The number of nitrogens with zero attached hydrogens (tertiary/aromatic N) is 2. The molecule has 0 amide bonds. The Morgan fingerprint density at radius 2 is 2.06 bits per heavy atom. The van der Waals surface area contributed by atoms with Crippen LogP contribution >= 0.6 is 0 Å². The normalized spacial score (nSPS) is 11.2. The quantitative estimate of drug-likeness (QED) is 0.777. The van der Waals surface area contributed by atoms with Gasteiger partial charge in [0.15, 0.2) is 0 Å². The molecule has 0 saturated heterocycles. The van der Waals surface area contributed by atoms with E-state index in [0.29, 0.717) is 5.95 Å². The van der Waals surface area contributed by atoms with Crippen molar-refractivity contribution in [1.29, 1.82) is 0 Å². The molecule has 0 aromatic carbocycles. The van der Waals surface area contributed by atoms with Crippen molar-refractivity contribution in [2.45, 2.75) is 46.1 Å². The lowest BCUT2D eigenvalue weighted by Crippen LogP contribution is -2.30. The van der Waals surface area contributed by atoms with Crippen LogP contribution in [0.3, 0.4) is 0 Å². The highest BCUT2D eigenvalue weighted by Crippen LogP contribution is 2.16. The Bertz CT molecular complexity index is 323. The molecule has 4 nitrogen and oxygen atoms in total. The average molecular weight is 222 g/mol. The van der Waals surface area contributed by atoms with Gasteiger partial charge in [-0.25, -0.2) is 4.98 Å². The van der Waals surface area contributed by atoms with Crippen molar-refractivity contribution >= 4 is 11.8 Å². The zero-order chi connectivity index (χ0) is 12.0. The Morgan fingerprint density at radius 3 is 2.69 bits per heavy atom. The van der Waals surface area contributed by atoms with Crippen molar-refractivity contribution in [2.75, 3.05) is 17.2 Å². The van der Waals surface area contributed by atoms with Crippen LogP contribution in [0.5, 0.6) is 0 Å². The maximum atomic E-state index is 4.41. The molecule has 0 atom stereocenters. The predicted molar refractivity (Wildman–Crippen MR) is 68.8 cm³/mol. The first-order chi connectivity index (χ1) is 7.57. The lowest BCUT2D eigenvalue weighted by molar-refractivity contribution is 0.545. The topological polar surface area (TPSA) is 49.8 Å². The van der Waals surface area contributed by atoms with Crippen LogP contribution in [0.4, 0.5) is 11.8 Å². The minimum Gasteiger partial charge on any atom is -0.365 e. The number of hydrogen-bond acceptors (Lipinski definition) is 4. The van der Waals surface area contributed by atoms with Crippen LogP contribution in [0.15, 0.2) is 12.3 Å². The highest BCUT2D eigenvalue weighted by molar-refractivity contribution is 5.41. The van der Waals surface area contributed by atoms with Gasteiger partial charge < -0.3 is 10.6 Å². The maximum absolute atomic E-state index is 4.41. The summed E-state index contributed by atoms with van der Waals surface area (Å²) in [6, 6.07) is 1.90. The van der Waals surface area contributed by atoms with Crippen molar-refractivity contribution in [3.05, 3.63) is 12.3 Å². The minimum atomic E-state index is 0.0659. The van der Waals surface area contributed by atoms with Gasteiger partial charge in [0.05, 0.1) is 0 Å². The molecular formula is C12H22N4. The fourth-order valence-electron chi connectivity index (χ4n) is 1.19. The van der Waals surface area contributed by atoms with E-state index >= 15 is 0 Å². The Labute approximate surface area is 97.9 Å². The zero-order valence-corrected chi connectivity index (χ0v) is 10.7. The predicted octanol–water partition coefficient (Wildman–Crippen LogP) is 2.90. The molecule has 0 aliphatic carbocycles. The van der Waals surface area contributed by atoms with Crippen LogP contribution < -0.4 is 10.6 Å². The van der Waals surface area contributed by atoms with Gasteiger partial charge in [-0.2, -0.15) is 4.98 Å². The Morgan fingerprint density at radius 1 is 1.31 bits per heavy atom. The largest absolute Gasteiger partial charge is 0.365 e. The Balaban J connectivity index is 2.67. The summed E-state index contributed by atoms with van der Waals surface area (Å²) in [6.07, 6.45) is 3.90. The van der Waals surface area contributed by atoms with E-state index in [-0.39, 0.29) is 5.54 Å². The number of nitrogens with one attached hydrogen (secondary N) is 2. The van der Waals surface area contributed by atoms with Crippen molar-refractivity contribution in [1.82, 2.24) is 9.97 Å². The molecule has 1 heterocycles. The molecule has 4 heteroatoms. The first kappa shape index (κ1) is 12.7. The molecule has 0 bridgehead atoms. The molecule has 0 aliphatic rings. The van der Waals surface area contributed by atoms with E-state index in [1.165, 1.54) is 0 Å². The van der Waals surface area contributed by atoms with Gasteiger partial charge in [0.2, 0.25) is 5.95 Å². The van der Waals surface area contributed by atoms with Gasteiger partial charge in [0, 0.05) is 18.3 Å². The third-order valence-corrected chi connectivity index (χ3v) is 2.54. The molecule has 0 saturated carbocycles.